The second kappa shape index (κ2) is 10.00. The van der Waals surface area contributed by atoms with Gasteiger partial charge < -0.3 is 25.2 Å². The molecule has 8 rings (SSSR count). The van der Waals surface area contributed by atoms with Crippen molar-refractivity contribution in [3.63, 3.8) is 0 Å². The second-order valence-corrected chi connectivity index (χ2v) is 14.6. The lowest BCUT2D eigenvalue weighted by Crippen LogP contribution is -2.46. The van der Waals surface area contributed by atoms with Crippen LogP contribution >= 0.6 is 22.9 Å². The summed E-state index contributed by atoms with van der Waals surface area (Å²) in [6.45, 7) is 6.90. The molecule has 0 saturated carbocycles. The van der Waals surface area contributed by atoms with Crippen LogP contribution in [0.3, 0.4) is 0 Å². The Bertz CT molecular complexity index is 1960. The zero-order valence-electron chi connectivity index (χ0n) is 24.8. The molecular weight excluding hydrogens is 622 g/mol. The number of benzene rings is 2. The molecule has 6 heterocycles. The van der Waals surface area contributed by atoms with Crippen LogP contribution in [-0.4, -0.2) is 70.0 Å². The number of fused-ring (bicyclic) bond motifs is 4. The van der Waals surface area contributed by atoms with E-state index in [-0.39, 0.29) is 71.6 Å². The van der Waals surface area contributed by atoms with E-state index in [4.69, 9.17) is 31.8 Å². The number of aromatic nitrogens is 2. The van der Waals surface area contributed by atoms with Gasteiger partial charge in [-0.15, -0.1) is 11.3 Å². The zero-order valence-corrected chi connectivity index (χ0v) is 26.4. The molecular formula is C32H31ClF2N6O3S. The molecule has 3 N–H and O–H groups in total. The molecule has 4 aliphatic heterocycles. The first kappa shape index (κ1) is 28.9. The highest BCUT2D eigenvalue weighted by molar-refractivity contribution is 7.23. The molecule has 3 fully saturated rings. The van der Waals surface area contributed by atoms with E-state index < -0.39 is 23.3 Å². The lowest BCUT2D eigenvalue weighted by atomic mass is 9.92. The van der Waals surface area contributed by atoms with Crippen LogP contribution in [0.4, 0.5) is 19.6 Å². The summed E-state index contributed by atoms with van der Waals surface area (Å²) in [5.41, 5.74) is 4.95. The summed E-state index contributed by atoms with van der Waals surface area (Å²) in [5, 5.41) is 21.7. The van der Waals surface area contributed by atoms with E-state index in [0.717, 1.165) is 43.7 Å². The average Bonchev–Trinajstić information content (AvgIpc) is 3.68. The standard InChI is InChI=1S/C32H31ClF2N6O3S/c1-15-10-32(6-3-8-40(32)12-15)14-44-30-38-25-22-26(43-13-19-31(2,42)7-9-41(19)29(22)39-30)23(33)21(24(25)35)16-4-5-18(34)27-20(16)17(11-36)28(37)45-27/h4-5,15,19,42H,3,6-10,12-14,37H2,1-2H3/t15-,19?,31?,32+/m1/s1. The summed E-state index contributed by atoms with van der Waals surface area (Å²) in [4.78, 5) is 13.8. The number of halogens is 3. The number of rotatable bonds is 4. The third-order valence-electron chi connectivity index (χ3n) is 10.2. The summed E-state index contributed by atoms with van der Waals surface area (Å²) >= 11 is 7.91. The quantitative estimate of drug-likeness (QED) is 0.279. The van der Waals surface area contributed by atoms with E-state index in [9.17, 15) is 14.8 Å². The molecule has 0 radical (unpaired) electrons. The molecule has 9 nitrogen and oxygen atoms in total. The van der Waals surface area contributed by atoms with Crippen molar-refractivity contribution >= 4 is 54.7 Å². The number of ether oxygens (including phenoxy) is 2. The first-order chi connectivity index (χ1) is 21.5. The monoisotopic (exact) mass is 652 g/mol. The summed E-state index contributed by atoms with van der Waals surface area (Å²) in [7, 11) is 0. The Kier molecular flexibility index (Phi) is 6.43. The van der Waals surface area contributed by atoms with Crippen molar-refractivity contribution in [1.29, 1.82) is 5.26 Å². The number of nitriles is 1. The van der Waals surface area contributed by atoms with Gasteiger partial charge in [-0.3, -0.25) is 4.90 Å². The van der Waals surface area contributed by atoms with E-state index >= 15 is 4.39 Å². The molecule has 2 aromatic carbocycles. The lowest BCUT2D eigenvalue weighted by molar-refractivity contribution is 0.0362. The topological polar surface area (TPSA) is 121 Å². The number of aliphatic hydroxyl groups is 1. The van der Waals surface area contributed by atoms with Gasteiger partial charge in [0, 0.05) is 24.0 Å². The van der Waals surface area contributed by atoms with E-state index in [1.54, 1.807) is 6.92 Å². The molecule has 0 bridgehead atoms. The van der Waals surface area contributed by atoms with Crippen LogP contribution in [-0.2, 0) is 0 Å². The molecule has 4 atom stereocenters. The number of nitrogens with two attached hydrogens (primary N) is 1. The minimum atomic E-state index is -1.10. The second-order valence-electron chi connectivity index (χ2n) is 13.1. The third-order valence-corrected chi connectivity index (χ3v) is 11.6. The van der Waals surface area contributed by atoms with Crippen LogP contribution < -0.4 is 20.1 Å². The van der Waals surface area contributed by atoms with Crippen molar-refractivity contribution < 1.29 is 23.4 Å². The number of nitrogens with zero attached hydrogens (tertiary/aromatic N) is 5. The predicted molar refractivity (Wildman–Crippen MR) is 169 cm³/mol. The van der Waals surface area contributed by atoms with Crippen LogP contribution in [0.25, 0.3) is 32.1 Å². The third kappa shape index (κ3) is 4.13. The highest BCUT2D eigenvalue weighted by atomic mass is 35.5. The Morgan fingerprint density at radius 2 is 2.09 bits per heavy atom. The highest BCUT2D eigenvalue weighted by Crippen LogP contribution is 2.52. The van der Waals surface area contributed by atoms with Crippen molar-refractivity contribution in [3.8, 4) is 29.0 Å². The Balaban J connectivity index is 1.35. The van der Waals surface area contributed by atoms with Gasteiger partial charge in [-0.25, -0.2) is 8.78 Å². The highest BCUT2D eigenvalue weighted by Gasteiger charge is 2.49. The van der Waals surface area contributed by atoms with Crippen LogP contribution in [0.15, 0.2) is 12.1 Å². The average molecular weight is 653 g/mol. The SMILES string of the molecule is C[C@H]1CN2CCC[C@@]2(COc2nc3c4c(c(Cl)c(-c5ccc(F)c6sc(N)c(C#N)c56)c(F)c4n2)OCC2N3CCC2(C)O)C1. The summed E-state index contributed by atoms with van der Waals surface area (Å²) in [6, 6.07) is 4.16. The maximum Gasteiger partial charge on any atom is 0.319 e. The largest absolute Gasteiger partial charge is 0.489 e. The van der Waals surface area contributed by atoms with Crippen molar-refractivity contribution in [3.05, 3.63) is 34.4 Å². The number of nitrogen functional groups attached to an aromatic ring is 1. The molecule has 4 aliphatic rings. The fourth-order valence-electron chi connectivity index (χ4n) is 8.10. The van der Waals surface area contributed by atoms with Gasteiger partial charge in [0.15, 0.2) is 11.6 Å². The number of hydrogen-bond acceptors (Lipinski definition) is 10. The van der Waals surface area contributed by atoms with Gasteiger partial charge in [-0.1, -0.05) is 24.6 Å². The number of anilines is 2. The Morgan fingerprint density at radius 1 is 1.27 bits per heavy atom. The van der Waals surface area contributed by atoms with E-state index in [1.807, 2.05) is 11.0 Å². The Hall–Kier alpha value is -3.50. The van der Waals surface area contributed by atoms with E-state index in [0.29, 0.717) is 31.3 Å². The van der Waals surface area contributed by atoms with Gasteiger partial charge in [0.2, 0.25) is 0 Å². The van der Waals surface area contributed by atoms with Crippen molar-refractivity contribution in [2.45, 2.75) is 56.7 Å². The van der Waals surface area contributed by atoms with Gasteiger partial charge in [-0.2, -0.15) is 15.2 Å². The maximum atomic E-state index is 17.1. The molecule has 2 aromatic heterocycles. The molecule has 45 heavy (non-hydrogen) atoms. The minimum Gasteiger partial charge on any atom is -0.489 e. The van der Waals surface area contributed by atoms with Gasteiger partial charge in [-0.05, 0) is 56.7 Å². The number of hydrogen-bond donors (Lipinski definition) is 2. The van der Waals surface area contributed by atoms with Crippen LogP contribution in [0.2, 0.25) is 5.02 Å². The lowest BCUT2D eigenvalue weighted by Gasteiger charge is -2.32. The van der Waals surface area contributed by atoms with Gasteiger partial charge in [0.25, 0.3) is 0 Å². The molecule has 4 aromatic rings. The van der Waals surface area contributed by atoms with E-state index in [2.05, 4.69) is 16.8 Å². The predicted octanol–water partition coefficient (Wildman–Crippen LogP) is 5.87. The minimum absolute atomic E-state index is 0.0188. The number of thiophene rings is 1. The van der Waals surface area contributed by atoms with Crippen molar-refractivity contribution in [1.82, 2.24) is 14.9 Å². The molecule has 2 unspecified atom stereocenters. The normalized spacial score (nSPS) is 27.4. The first-order valence-electron chi connectivity index (χ1n) is 15.2. The fourth-order valence-corrected chi connectivity index (χ4v) is 9.38. The van der Waals surface area contributed by atoms with Crippen molar-refractivity contribution in [2.75, 3.05) is 43.5 Å². The summed E-state index contributed by atoms with van der Waals surface area (Å²) in [6.07, 6.45) is 3.56. The summed E-state index contributed by atoms with van der Waals surface area (Å²) in [5.74, 6) is -0.290. The van der Waals surface area contributed by atoms with Crippen LogP contribution in [0.5, 0.6) is 11.8 Å². The molecule has 234 valence electrons. The Morgan fingerprint density at radius 3 is 2.89 bits per heavy atom. The van der Waals surface area contributed by atoms with Crippen molar-refractivity contribution in [2.24, 2.45) is 5.92 Å². The summed E-state index contributed by atoms with van der Waals surface area (Å²) < 4.78 is 44.7. The molecule has 0 amide bonds. The van der Waals surface area contributed by atoms with Gasteiger partial charge in [0.1, 0.15) is 41.4 Å². The molecule has 0 spiro atoms. The fraction of sp³-hybridized carbons (Fsp3) is 0.469. The molecule has 0 aliphatic carbocycles. The first-order valence-corrected chi connectivity index (χ1v) is 16.4. The Labute approximate surface area is 267 Å². The molecule has 13 heteroatoms. The maximum absolute atomic E-state index is 17.1. The van der Waals surface area contributed by atoms with Crippen LogP contribution in [0, 0.1) is 28.9 Å². The van der Waals surface area contributed by atoms with E-state index in [1.165, 1.54) is 12.1 Å². The van der Waals surface area contributed by atoms with Gasteiger partial charge >= 0.3 is 6.01 Å². The van der Waals surface area contributed by atoms with Crippen LogP contribution in [0.1, 0.15) is 45.1 Å². The van der Waals surface area contributed by atoms with Gasteiger partial charge in [0.05, 0.1) is 37.9 Å². The zero-order chi connectivity index (χ0) is 31.4. The smallest absolute Gasteiger partial charge is 0.319 e. The molecule has 3 saturated heterocycles.